The number of phenolic OH excluding ortho intramolecular Hbond substituents is 2. The molecule has 1 aliphatic rings. The zero-order valence-corrected chi connectivity index (χ0v) is 19.4. The Balaban J connectivity index is 1.91. The van der Waals surface area contributed by atoms with E-state index in [1.54, 1.807) is 18.2 Å². The van der Waals surface area contributed by atoms with Gasteiger partial charge in [0.15, 0.2) is 5.78 Å². The summed E-state index contributed by atoms with van der Waals surface area (Å²) in [6, 6.07) is 9.06. The van der Waals surface area contributed by atoms with Gasteiger partial charge in [-0.05, 0) is 56.2 Å². The number of ether oxygens (including phenoxy) is 2. The van der Waals surface area contributed by atoms with Crippen LogP contribution in [0.15, 0.2) is 54.1 Å². The van der Waals surface area contributed by atoms with E-state index in [0.29, 0.717) is 5.56 Å². The van der Waals surface area contributed by atoms with E-state index in [0.717, 1.165) is 5.57 Å². The average molecular weight is 487 g/mol. The number of aliphatic hydroxyl groups excluding tert-OH is 4. The number of carbonyl (C=O) groups is 1. The van der Waals surface area contributed by atoms with Gasteiger partial charge in [0.1, 0.15) is 41.7 Å². The fraction of sp³-hybridized carbons (Fsp3) is 0.346. The Morgan fingerprint density at radius 1 is 1.00 bits per heavy atom. The number of hydrogen-bond acceptors (Lipinski definition) is 9. The fourth-order valence-electron chi connectivity index (χ4n) is 3.57. The van der Waals surface area contributed by atoms with Gasteiger partial charge >= 0.3 is 0 Å². The molecular weight excluding hydrogens is 456 g/mol. The number of carbonyl (C=O) groups excluding carboxylic acids is 1. The Morgan fingerprint density at radius 2 is 1.69 bits per heavy atom. The maximum absolute atomic E-state index is 12.8. The number of aromatic hydroxyl groups is 2. The summed E-state index contributed by atoms with van der Waals surface area (Å²) in [5.41, 5.74) is 1.92. The Labute approximate surface area is 202 Å². The highest BCUT2D eigenvalue weighted by Crippen LogP contribution is 2.35. The van der Waals surface area contributed by atoms with Crippen LogP contribution in [-0.2, 0) is 11.2 Å². The van der Waals surface area contributed by atoms with Crippen molar-refractivity contribution in [1.82, 2.24) is 0 Å². The van der Waals surface area contributed by atoms with Crippen LogP contribution >= 0.6 is 0 Å². The summed E-state index contributed by atoms with van der Waals surface area (Å²) in [6.07, 6.45) is -2.51. The van der Waals surface area contributed by atoms with E-state index in [1.807, 2.05) is 19.9 Å². The van der Waals surface area contributed by atoms with Crippen molar-refractivity contribution in [3.8, 4) is 17.2 Å². The summed E-state index contributed by atoms with van der Waals surface area (Å²) in [5.74, 6) is -0.577. The minimum atomic E-state index is -1.62. The van der Waals surface area contributed by atoms with Crippen molar-refractivity contribution in [2.45, 2.75) is 51.0 Å². The molecule has 9 heteroatoms. The van der Waals surface area contributed by atoms with Crippen LogP contribution in [0.4, 0.5) is 0 Å². The lowest BCUT2D eigenvalue weighted by molar-refractivity contribution is -0.277. The van der Waals surface area contributed by atoms with Gasteiger partial charge in [-0.2, -0.15) is 0 Å². The van der Waals surface area contributed by atoms with Crippen molar-refractivity contribution in [2.24, 2.45) is 0 Å². The number of aliphatic hydroxyl groups is 4. The molecule has 1 fully saturated rings. The largest absolute Gasteiger partial charge is 0.508 e. The topological polar surface area (TPSA) is 157 Å². The summed E-state index contributed by atoms with van der Waals surface area (Å²) in [6.45, 7) is 3.12. The molecule has 188 valence electrons. The summed E-state index contributed by atoms with van der Waals surface area (Å²) in [5, 5.41) is 60.0. The fourth-order valence-corrected chi connectivity index (χ4v) is 3.57. The second kappa shape index (κ2) is 11.5. The van der Waals surface area contributed by atoms with Gasteiger partial charge in [-0.15, -0.1) is 0 Å². The first-order valence-corrected chi connectivity index (χ1v) is 11.1. The SMILES string of the molecule is CC(C)=CCc1c(O[C@@H]2O[C@@H](CO)[C@@H](O)[C@H](O)[C@H]2O)ccc(C(=O)/C=C/c2ccc(O)cc2)c1O. The molecule has 0 bridgehead atoms. The Bertz CT molecular complexity index is 1080. The lowest BCUT2D eigenvalue weighted by atomic mass is 9.98. The van der Waals surface area contributed by atoms with Crippen LogP contribution in [0.5, 0.6) is 17.2 Å². The monoisotopic (exact) mass is 486 g/mol. The quantitative estimate of drug-likeness (QED) is 0.186. The van der Waals surface area contributed by atoms with Crippen LogP contribution in [0.3, 0.4) is 0 Å². The van der Waals surface area contributed by atoms with Crippen LogP contribution in [0.2, 0.25) is 0 Å². The molecule has 1 heterocycles. The number of benzene rings is 2. The van der Waals surface area contributed by atoms with E-state index in [1.165, 1.54) is 30.3 Å². The standard InChI is InChI=1S/C26H30O9/c1-14(2)3-9-18-20(34-26-25(33)24(32)23(31)21(13-27)35-26)12-10-17(22(18)30)19(29)11-6-15-4-7-16(28)8-5-15/h3-8,10-12,21,23-28,30-33H,9,13H2,1-2H3/b11-6+/t21-,23+,24-,25+,26+/m0/s1. The molecule has 5 atom stereocenters. The van der Waals surface area contributed by atoms with Gasteiger partial charge in [-0.1, -0.05) is 29.9 Å². The maximum Gasteiger partial charge on any atom is 0.229 e. The third kappa shape index (κ3) is 6.27. The average Bonchev–Trinajstić information content (AvgIpc) is 2.83. The molecule has 35 heavy (non-hydrogen) atoms. The lowest BCUT2D eigenvalue weighted by Crippen LogP contribution is -2.60. The Morgan fingerprint density at radius 3 is 2.31 bits per heavy atom. The van der Waals surface area contributed by atoms with Gasteiger partial charge in [0.2, 0.25) is 6.29 Å². The molecule has 2 aromatic rings. The van der Waals surface area contributed by atoms with Crippen molar-refractivity contribution in [3.63, 3.8) is 0 Å². The summed E-state index contributed by atoms with van der Waals surface area (Å²) >= 11 is 0. The van der Waals surface area contributed by atoms with Crippen molar-refractivity contribution in [2.75, 3.05) is 6.61 Å². The lowest BCUT2D eigenvalue weighted by Gasteiger charge is -2.39. The molecule has 1 saturated heterocycles. The van der Waals surface area contributed by atoms with E-state index in [4.69, 9.17) is 9.47 Å². The van der Waals surface area contributed by atoms with E-state index >= 15 is 0 Å². The van der Waals surface area contributed by atoms with E-state index in [2.05, 4.69) is 0 Å². The maximum atomic E-state index is 12.8. The molecule has 0 unspecified atom stereocenters. The second-order valence-electron chi connectivity index (χ2n) is 8.53. The van der Waals surface area contributed by atoms with Gasteiger partial charge in [0.05, 0.1) is 12.2 Å². The number of phenols is 2. The van der Waals surface area contributed by atoms with Crippen LogP contribution in [0.1, 0.15) is 35.3 Å². The molecular formula is C26H30O9. The molecule has 0 aliphatic carbocycles. The molecule has 3 rings (SSSR count). The summed E-state index contributed by atoms with van der Waals surface area (Å²) in [7, 11) is 0. The first-order valence-electron chi connectivity index (χ1n) is 11.1. The van der Waals surface area contributed by atoms with Crippen molar-refractivity contribution >= 4 is 11.9 Å². The number of hydrogen-bond donors (Lipinski definition) is 6. The highest BCUT2D eigenvalue weighted by atomic mass is 16.7. The molecule has 0 spiro atoms. The first-order chi connectivity index (χ1) is 16.6. The summed E-state index contributed by atoms with van der Waals surface area (Å²) < 4.78 is 11.1. The molecule has 6 N–H and O–H groups in total. The molecule has 0 amide bonds. The van der Waals surface area contributed by atoms with Crippen molar-refractivity contribution in [3.05, 3.63) is 70.8 Å². The van der Waals surface area contributed by atoms with Gasteiger partial charge in [-0.3, -0.25) is 4.79 Å². The van der Waals surface area contributed by atoms with Crippen LogP contribution in [-0.4, -0.2) is 73.7 Å². The third-order valence-corrected chi connectivity index (χ3v) is 5.63. The Hall–Kier alpha value is -3.21. The van der Waals surface area contributed by atoms with Crippen LogP contribution in [0, 0.1) is 0 Å². The van der Waals surface area contributed by atoms with E-state index in [-0.39, 0.29) is 34.8 Å². The van der Waals surface area contributed by atoms with Gasteiger partial charge < -0.3 is 40.1 Å². The summed E-state index contributed by atoms with van der Waals surface area (Å²) in [4.78, 5) is 12.8. The minimum absolute atomic E-state index is 0.0262. The Kier molecular flexibility index (Phi) is 8.66. The zero-order valence-electron chi connectivity index (χ0n) is 19.4. The van der Waals surface area contributed by atoms with Gasteiger partial charge in [0.25, 0.3) is 0 Å². The first kappa shape index (κ1) is 26.4. The molecule has 0 radical (unpaired) electrons. The molecule has 0 saturated carbocycles. The zero-order chi connectivity index (χ0) is 25.7. The van der Waals surface area contributed by atoms with Gasteiger partial charge in [-0.25, -0.2) is 0 Å². The van der Waals surface area contributed by atoms with Crippen LogP contribution in [0.25, 0.3) is 6.08 Å². The predicted octanol–water partition coefficient (Wildman–Crippen LogP) is 1.68. The smallest absolute Gasteiger partial charge is 0.229 e. The van der Waals surface area contributed by atoms with Crippen molar-refractivity contribution in [1.29, 1.82) is 0 Å². The number of rotatable bonds is 8. The molecule has 0 aromatic heterocycles. The normalized spacial score (nSPS) is 24.3. The molecule has 1 aliphatic heterocycles. The second-order valence-corrected chi connectivity index (χ2v) is 8.53. The number of ketones is 1. The highest BCUT2D eigenvalue weighted by molar-refractivity contribution is 6.09. The van der Waals surface area contributed by atoms with Crippen molar-refractivity contribution < 1.29 is 44.9 Å². The third-order valence-electron chi connectivity index (χ3n) is 5.63. The van der Waals surface area contributed by atoms with E-state index in [9.17, 15) is 35.4 Å². The molecule has 9 nitrogen and oxygen atoms in total. The molecule has 2 aromatic carbocycles. The minimum Gasteiger partial charge on any atom is -0.508 e. The number of allylic oxidation sites excluding steroid dienone is 3. The van der Waals surface area contributed by atoms with E-state index < -0.39 is 43.1 Å². The predicted molar refractivity (Wildman–Crippen MR) is 127 cm³/mol. The highest BCUT2D eigenvalue weighted by Gasteiger charge is 2.45. The van der Waals surface area contributed by atoms with Crippen LogP contribution < -0.4 is 4.74 Å². The van der Waals surface area contributed by atoms with Gasteiger partial charge in [0, 0.05) is 5.56 Å².